The molecule has 0 spiro atoms. The van der Waals surface area contributed by atoms with E-state index < -0.39 is 17.3 Å². The molecular formula is C7H6ClN3O3. The van der Waals surface area contributed by atoms with Crippen molar-refractivity contribution in [1.82, 2.24) is 9.80 Å². The van der Waals surface area contributed by atoms with Crippen molar-refractivity contribution in [2.24, 2.45) is 0 Å². The fourth-order valence-electron chi connectivity index (χ4n) is 1.09. The van der Waals surface area contributed by atoms with E-state index >= 15 is 0 Å². The van der Waals surface area contributed by atoms with Gasteiger partial charge in [-0.25, -0.2) is 9.69 Å². The van der Waals surface area contributed by atoms with E-state index in [9.17, 15) is 14.4 Å². The molecule has 1 heterocycles. The highest BCUT2D eigenvalue weighted by molar-refractivity contribution is 6.64. The van der Waals surface area contributed by atoms with E-state index in [-0.39, 0.29) is 19.5 Å². The van der Waals surface area contributed by atoms with Crippen molar-refractivity contribution in [3.8, 4) is 6.07 Å². The van der Waals surface area contributed by atoms with Crippen LogP contribution in [0.4, 0.5) is 9.59 Å². The molecule has 0 aromatic carbocycles. The average molecular weight is 216 g/mol. The SMILES string of the molecule is N#CCC(=O)N1CCN(C(=O)Cl)C1=O. The summed E-state index contributed by atoms with van der Waals surface area (Å²) in [5, 5.41) is 7.33. The van der Waals surface area contributed by atoms with Crippen LogP contribution in [0.5, 0.6) is 0 Å². The van der Waals surface area contributed by atoms with Gasteiger partial charge in [0.25, 0.3) is 0 Å². The summed E-state index contributed by atoms with van der Waals surface area (Å²) in [5.41, 5.74) is 0. The van der Waals surface area contributed by atoms with Gasteiger partial charge in [-0.05, 0) is 11.6 Å². The lowest BCUT2D eigenvalue weighted by atomic mass is 10.4. The average Bonchev–Trinajstić information content (AvgIpc) is 2.47. The zero-order valence-electron chi connectivity index (χ0n) is 7.07. The van der Waals surface area contributed by atoms with E-state index in [0.717, 1.165) is 9.80 Å². The number of rotatable bonds is 1. The van der Waals surface area contributed by atoms with Gasteiger partial charge >= 0.3 is 11.4 Å². The van der Waals surface area contributed by atoms with E-state index in [1.807, 2.05) is 0 Å². The van der Waals surface area contributed by atoms with Gasteiger partial charge in [-0.15, -0.1) is 0 Å². The molecule has 0 aromatic rings. The Labute approximate surface area is 84.6 Å². The second-order valence-electron chi connectivity index (χ2n) is 2.57. The highest BCUT2D eigenvalue weighted by atomic mass is 35.5. The molecule has 0 N–H and O–H groups in total. The number of carbonyl (C=O) groups excluding carboxylic acids is 3. The predicted molar refractivity (Wildman–Crippen MR) is 45.3 cm³/mol. The number of halogens is 1. The topological polar surface area (TPSA) is 81.5 Å². The molecule has 0 aliphatic carbocycles. The molecule has 0 bridgehead atoms. The Morgan fingerprint density at radius 2 is 2.00 bits per heavy atom. The van der Waals surface area contributed by atoms with Crippen molar-refractivity contribution in [2.45, 2.75) is 6.42 Å². The fourth-order valence-corrected chi connectivity index (χ4v) is 1.25. The smallest absolute Gasteiger partial charge is 0.273 e. The van der Waals surface area contributed by atoms with Crippen LogP contribution in [0.25, 0.3) is 0 Å². The van der Waals surface area contributed by atoms with Gasteiger partial charge < -0.3 is 0 Å². The number of nitrogens with zero attached hydrogens (tertiary/aromatic N) is 3. The molecule has 0 unspecified atom stereocenters. The molecule has 0 aromatic heterocycles. The summed E-state index contributed by atoms with van der Waals surface area (Å²) in [6.07, 6.45) is -0.379. The lowest BCUT2D eigenvalue weighted by molar-refractivity contribution is -0.126. The van der Waals surface area contributed by atoms with Gasteiger partial charge in [0.2, 0.25) is 5.91 Å². The standard InChI is InChI=1S/C7H6ClN3O3/c8-6(13)11-4-3-10(7(11)14)5(12)1-2-9/h1,3-4H2. The summed E-state index contributed by atoms with van der Waals surface area (Å²) in [6, 6.07) is 0.870. The number of imide groups is 2. The Morgan fingerprint density at radius 3 is 2.43 bits per heavy atom. The van der Waals surface area contributed by atoms with Crippen LogP contribution in [-0.4, -0.2) is 40.2 Å². The van der Waals surface area contributed by atoms with Gasteiger partial charge in [0, 0.05) is 13.1 Å². The van der Waals surface area contributed by atoms with Crippen molar-refractivity contribution in [1.29, 1.82) is 5.26 Å². The van der Waals surface area contributed by atoms with Crippen molar-refractivity contribution in [2.75, 3.05) is 13.1 Å². The molecule has 0 atom stereocenters. The van der Waals surface area contributed by atoms with Gasteiger partial charge in [-0.2, -0.15) is 5.26 Å². The Kier molecular flexibility index (Phi) is 3.04. The fraction of sp³-hybridized carbons (Fsp3) is 0.429. The number of amides is 4. The number of hydrogen-bond acceptors (Lipinski definition) is 4. The third-order valence-corrected chi connectivity index (χ3v) is 1.96. The zero-order chi connectivity index (χ0) is 10.7. The maximum atomic E-state index is 11.3. The summed E-state index contributed by atoms with van der Waals surface area (Å²) >= 11 is 5.09. The van der Waals surface area contributed by atoms with E-state index in [1.54, 1.807) is 6.07 Å². The van der Waals surface area contributed by atoms with Crippen molar-refractivity contribution in [3.63, 3.8) is 0 Å². The summed E-state index contributed by atoms with van der Waals surface area (Å²) in [6.45, 7) is 0.177. The third-order valence-electron chi connectivity index (χ3n) is 1.75. The predicted octanol–water partition coefficient (Wildman–Crippen LogP) is 0.523. The largest absolute Gasteiger partial charge is 0.334 e. The zero-order valence-corrected chi connectivity index (χ0v) is 7.82. The van der Waals surface area contributed by atoms with Gasteiger partial charge in [-0.1, -0.05) is 0 Å². The maximum Gasteiger partial charge on any atom is 0.334 e. The molecule has 74 valence electrons. The molecule has 1 aliphatic rings. The minimum absolute atomic E-state index is 0.0817. The lowest BCUT2D eigenvalue weighted by Gasteiger charge is -2.12. The number of nitriles is 1. The second kappa shape index (κ2) is 4.07. The highest BCUT2D eigenvalue weighted by Gasteiger charge is 2.35. The summed E-state index contributed by atoms with van der Waals surface area (Å²) in [5.74, 6) is -0.613. The molecule has 0 saturated carbocycles. The van der Waals surface area contributed by atoms with Crippen LogP contribution < -0.4 is 0 Å². The lowest BCUT2D eigenvalue weighted by Crippen LogP contribution is -2.36. The normalized spacial score (nSPS) is 15.6. The number of carbonyl (C=O) groups is 3. The molecule has 1 aliphatic heterocycles. The summed E-state index contributed by atoms with van der Waals surface area (Å²) in [4.78, 5) is 34.6. The number of hydrogen-bond donors (Lipinski definition) is 0. The molecule has 1 fully saturated rings. The second-order valence-corrected chi connectivity index (χ2v) is 2.89. The Hall–Kier alpha value is -1.61. The van der Waals surface area contributed by atoms with Gasteiger partial charge in [0.05, 0.1) is 6.07 Å². The molecule has 4 amide bonds. The van der Waals surface area contributed by atoms with Gasteiger partial charge in [0.15, 0.2) is 0 Å². The first-order valence-electron chi connectivity index (χ1n) is 3.76. The quantitative estimate of drug-likeness (QED) is 0.472. The van der Waals surface area contributed by atoms with E-state index in [1.165, 1.54) is 0 Å². The van der Waals surface area contributed by atoms with Crippen LogP contribution in [0.1, 0.15) is 6.42 Å². The molecular weight excluding hydrogens is 210 g/mol. The summed E-state index contributed by atoms with van der Waals surface area (Å²) in [7, 11) is 0. The van der Waals surface area contributed by atoms with Crippen LogP contribution in [0, 0.1) is 11.3 Å². The van der Waals surface area contributed by atoms with E-state index in [0.29, 0.717) is 0 Å². The number of urea groups is 1. The maximum absolute atomic E-state index is 11.3. The van der Waals surface area contributed by atoms with Crippen molar-refractivity contribution >= 4 is 28.9 Å². The minimum atomic E-state index is -0.915. The molecule has 1 saturated heterocycles. The van der Waals surface area contributed by atoms with E-state index in [2.05, 4.69) is 0 Å². The molecule has 14 heavy (non-hydrogen) atoms. The third kappa shape index (κ3) is 1.83. The first-order valence-corrected chi connectivity index (χ1v) is 4.14. The van der Waals surface area contributed by atoms with Crippen LogP contribution in [-0.2, 0) is 4.79 Å². The monoisotopic (exact) mass is 215 g/mol. The van der Waals surface area contributed by atoms with Crippen molar-refractivity contribution < 1.29 is 14.4 Å². The van der Waals surface area contributed by atoms with E-state index in [4.69, 9.17) is 16.9 Å². The Morgan fingerprint density at radius 1 is 1.43 bits per heavy atom. The Bertz CT molecular complexity index is 336. The Balaban J connectivity index is 2.70. The first kappa shape index (κ1) is 10.5. The van der Waals surface area contributed by atoms with Gasteiger partial charge in [0.1, 0.15) is 6.42 Å². The van der Waals surface area contributed by atoms with Crippen LogP contribution in [0.15, 0.2) is 0 Å². The molecule has 7 heteroatoms. The molecule has 1 rings (SSSR count). The minimum Gasteiger partial charge on any atom is -0.273 e. The van der Waals surface area contributed by atoms with Crippen LogP contribution >= 0.6 is 11.6 Å². The van der Waals surface area contributed by atoms with Gasteiger partial charge in [-0.3, -0.25) is 14.5 Å². The van der Waals surface area contributed by atoms with Crippen LogP contribution in [0.3, 0.4) is 0 Å². The van der Waals surface area contributed by atoms with Crippen molar-refractivity contribution in [3.05, 3.63) is 0 Å². The highest BCUT2D eigenvalue weighted by Crippen LogP contribution is 2.12. The molecule has 6 nitrogen and oxygen atoms in total. The molecule has 0 radical (unpaired) electrons. The van der Waals surface area contributed by atoms with Crippen LogP contribution in [0.2, 0.25) is 0 Å². The first-order chi connectivity index (χ1) is 6.57. The summed E-state index contributed by atoms with van der Waals surface area (Å²) < 4.78 is 0.